The average molecular weight is 395 g/mol. The van der Waals surface area contributed by atoms with Crippen molar-refractivity contribution in [1.29, 1.82) is 0 Å². The summed E-state index contributed by atoms with van der Waals surface area (Å²) in [5.41, 5.74) is 0.697. The number of rotatable bonds is 7. The lowest BCUT2D eigenvalue weighted by Gasteiger charge is -2.48. The highest BCUT2D eigenvalue weighted by Crippen LogP contribution is 2.38. The predicted octanol–water partition coefficient (Wildman–Crippen LogP) is 3.24. The first kappa shape index (κ1) is 20.1. The summed E-state index contributed by atoms with van der Waals surface area (Å²) in [6.07, 6.45) is 9.89. The van der Waals surface area contributed by atoms with E-state index >= 15 is 0 Å². The molecule has 0 radical (unpaired) electrons. The zero-order chi connectivity index (χ0) is 20.2. The summed E-state index contributed by atoms with van der Waals surface area (Å²) in [5.74, 6) is 2.82. The van der Waals surface area contributed by atoms with Gasteiger partial charge < -0.3 is 9.64 Å². The second-order valence-electron chi connectivity index (χ2n) is 8.53. The molecule has 0 saturated carbocycles. The number of hydrogen-bond donors (Lipinski definition) is 0. The van der Waals surface area contributed by atoms with Crippen molar-refractivity contribution in [2.24, 2.45) is 10.2 Å². The summed E-state index contributed by atoms with van der Waals surface area (Å²) < 4.78 is 6.27. The van der Waals surface area contributed by atoms with Gasteiger partial charge in [0, 0.05) is 51.9 Å². The van der Waals surface area contributed by atoms with Crippen molar-refractivity contribution in [3.05, 3.63) is 35.9 Å². The topological polar surface area (TPSA) is 57.5 Å². The number of carbonyl (C=O) groups is 1. The van der Waals surface area contributed by atoms with Crippen LogP contribution >= 0.6 is 0 Å². The number of piperidine rings is 1. The Balaban J connectivity index is 1.31. The summed E-state index contributed by atoms with van der Waals surface area (Å²) >= 11 is 0. The molecule has 2 saturated heterocycles. The lowest BCUT2D eigenvalue weighted by molar-refractivity contribution is -0.158. The third-order valence-electron chi connectivity index (χ3n) is 6.26. The highest BCUT2D eigenvalue weighted by molar-refractivity contribution is 5.76. The smallest absolute Gasteiger partial charge is 0.222 e. The molecule has 6 nitrogen and oxygen atoms in total. The number of hydrogen-bond acceptors (Lipinski definition) is 5. The van der Waals surface area contributed by atoms with E-state index < -0.39 is 0 Å². The van der Waals surface area contributed by atoms with Gasteiger partial charge in [0.1, 0.15) is 0 Å². The summed E-state index contributed by atoms with van der Waals surface area (Å²) in [6.45, 7) is 4.97. The van der Waals surface area contributed by atoms with Gasteiger partial charge in [0.15, 0.2) is 5.66 Å². The van der Waals surface area contributed by atoms with Gasteiger partial charge >= 0.3 is 0 Å². The minimum absolute atomic E-state index is 0.185. The van der Waals surface area contributed by atoms with E-state index in [0.29, 0.717) is 25.8 Å². The molecule has 1 aromatic rings. The summed E-state index contributed by atoms with van der Waals surface area (Å²) in [5, 5.41) is 8.30. The Morgan fingerprint density at radius 3 is 2.76 bits per heavy atom. The van der Waals surface area contributed by atoms with Gasteiger partial charge in [-0.25, -0.2) is 0 Å². The van der Waals surface area contributed by atoms with Gasteiger partial charge in [-0.1, -0.05) is 30.3 Å². The monoisotopic (exact) mass is 394 g/mol. The number of terminal acetylenes is 1. The molecular weight excluding hydrogens is 364 g/mol. The highest BCUT2D eigenvalue weighted by Gasteiger charge is 2.43. The van der Waals surface area contributed by atoms with Crippen molar-refractivity contribution in [3.8, 4) is 12.3 Å². The van der Waals surface area contributed by atoms with Crippen LogP contribution in [0.5, 0.6) is 0 Å². The van der Waals surface area contributed by atoms with E-state index in [0.717, 1.165) is 52.0 Å². The van der Waals surface area contributed by atoms with Crippen molar-refractivity contribution in [1.82, 2.24) is 9.80 Å². The lowest BCUT2D eigenvalue weighted by atomic mass is 9.90. The molecule has 154 valence electrons. The quantitative estimate of drug-likeness (QED) is 0.667. The molecule has 3 aliphatic rings. The van der Waals surface area contributed by atoms with E-state index in [4.69, 9.17) is 11.2 Å². The van der Waals surface area contributed by atoms with Crippen LogP contribution in [0.1, 0.15) is 44.1 Å². The molecule has 0 bridgehead atoms. The maximum Gasteiger partial charge on any atom is 0.222 e. The van der Waals surface area contributed by atoms with Crippen LogP contribution < -0.4 is 0 Å². The second kappa shape index (κ2) is 8.64. The molecule has 6 heteroatoms. The third-order valence-corrected chi connectivity index (χ3v) is 6.26. The average Bonchev–Trinajstić information content (AvgIpc) is 3.52. The van der Waals surface area contributed by atoms with E-state index in [-0.39, 0.29) is 17.2 Å². The SMILES string of the molecule is C#CCCC1(CCC(=O)N2CCCC3(CN(Cc4ccccc4)CCO3)C2)N=N1. The minimum Gasteiger partial charge on any atom is -0.370 e. The van der Waals surface area contributed by atoms with Crippen molar-refractivity contribution < 1.29 is 9.53 Å². The molecule has 1 amide bonds. The van der Waals surface area contributed by atoms with Crippen molar-refractivity contribution in [3.63, 3.8) is 0 Å². The van der Waals surface area contributed by atoms with Crippen LogP contribution in [0, 0.1) is 12.3 Å². The maximum absolute atomic E-state index is 12.9. The fourth-order valence-corrected chi connectivity index (χ4v) is 4.59. The Labute approximate surface area is 173 Å². The van der Waals surface area contributed by atoms with E-state index in [1.807, 2.05) is 11.0 Å². The molecule has 3 heterocycles. The molecule has 0 aromatic heterocycles. The molecule has 4 rings (SSSR count). The van der Waals surface area contributed by atoms with Gasteiger partial charge in [0.05, 0.1) is 18.8 Å². The van der Waals surface area contributed by atoms with Crippen LogP contribution in [0.15, 0.2) is 40.6 Å². The number of nitrogens with zero attached hydrogens (tertiary/aromatic N) is 4. The fraction of sp³-hybridized carbons (Fsp3) is 0.609. The third kappa shape index (κ3) is 5.04. The van der Waals surface area contributed by atoms with E-state index in [9.17, 15) is 4.79 Å². The Morgan fingerprint density at radius 1 is 1.17 bits per heavy atom. The largest absolute Gasteiger partial charge is 0.370 e. The molecule has 2 fully saturated rings. The van der Waals surface area contributed by atoms with Crippen LogP contribution in [0.2, 0.25) is 0 Å². The zero-order valence-electron chi connectivity index (χ0n) is 17.1. The van der Waals surface area contributed by atoms with Gasteiger partial charge in [-0.15, -0.1) is 12.3 Å². The first-order valence-electron chi connectivity index (χ1n) is 10.7. The van der Waals surface area contributed by atoms with Crippen LogP contribution in [-0.4, -0.2) is 59.8 Å². The van der Waals surface area contributed by atoms with Crippen molar-refractivity contribution >= 4 is 5.91 Å². The van der Waals surface area contributed by atoms with Crippen LogP contribution in [0.3, 0.4) is 0 Å². The minimum atomic E-state index is -0.386. The number of amides is 1. The molecule has 0 N–H and O–H groups in total. The Kier molecular flexibility index (Phi) is 5.98. The first-order chi connectivity index (χ1) is 14.1. The van der Waals surface area contributed by atoms with Gasteiger partial charge in [0.25, 0.3) is 0 Å². The van der Waals surface area contributed by atoms with E-state index in [2.05, 4.69) is 45.3 Å². The van der Waals surface area contributed by atoms with Crippen molar-refractivity contribution in [2.45, 2.75) is 56.3 Å². The molecule has 1 atom stereocenters. The summed E-state index contributed by atoms with van der Waals surface area (Å²) in [7, 11) is 0. The predicted molar refractivity (Wildman–Crippen MR) is 111 cm³/mol. The normalized spacial score (nSPS) is 25.7. The van der Waals surface area contributed by atoms with E-state index in [1.54, 1.807) is 0 Å². The van der Waals surface area contributed by atoms with Crippen LogP contribution in [0.25, 0.3) is 0 Å². The zero-order valence-corrected chi connectivity index (χ0v) is 17.1. The van der Waals surface area contributed by atoms with Gasteiger partial charge in [-0.05, 0) is 18.4 Å². The number of likely N-dealkylation sites (tertiary alicyclic amines) is 1. The van der Waals surface area contributed by atoms with Crippen LogP contribution in [0.4, 0.5) is 0 Å². The summed E-state index contributed by atoms with van der Waals surface area (Å²) in [6, 6.07) is 10.6. The summed E-state index contributed by atoms with van der Waals surface area (Å²) in [4.78, 5) is 17.3. The molecular formula is C23H30N4O2. The number of benzene rings is 1. The highest BCUT2D eigenvalue weighted by atomic mass is 16.5. The van der Waals surface area contributed by atoms with Gasteiger partial charge in [0.2, 0.25) is 5.91 Å². The maximum atomic E-state index is 12.9. The van der Waals surface area contributed by atoms with Gasteiger partial charge in [-0.2, -0.15) is 10.2 Å². The Hall–Kier alpha value is -2.23. The Bertz CT molecular complexity index is 778. The molecule has 1 spiro atoms. The van der Waals surface area contributed by atoms with E-state index in [1.165, 1.54) is 5.56 Å². The second-order valence-corrected chi connectivity index (χ2v) is 8.53. The number of carbonyl (C=O) groups excluding carboxylic acids is 1. The molecule has 1 aromatic carbocycles. The molecule has 29 heavy (non-hydrogen) atoms. The van der Waals surface area contributed by atoms with Crippen LogP contribution in [-0.2, 0) is 16.1 Å². The molecule has 3 aliphatic heterocycles. The molecule has 1 unspecified atom stereocenters. The Morgan fingerprint density at radius 2 is 2.00 bits per heavy atom. The number of ether oxygens (including phenoxy) is 1. The fourth-order valence-electron chi connectivity index (χ4n) is 4.59. The van der Waals surface area contributed by atoms with Gasteiger partial charge in [-0.3, -0.25) is 9.69 Å². The standard InChI is InChI=1S/C23H30N4O2/c1-2-3-12-23(24-25-23)13-10-21(28)27-14-7-11-22(19-27)18-26(15-16-29-22)17-20-8-5-4-6-9-20/h1,4-6,8-9H,3,7,10-19H2. The molecule has 0 aliphatic carbocycles. The lowest BCUT2D eigenvalue weighted by Crippen LogP contribution is -2.60. The number of morpholine rings is 1. The first-order valence-corrected chi connectivity index (χ1v) is 10.7. The van der Waals surface area contributed by atoms with Crippen molar-refractivity contribution in [2.75, 3.05) is 32.8 Å².